The van der Waals surface area contributed by atoms with Gasteiger partial charge < -0.3 is 10.8 Å². The number of aliphatic carboxylic acids is 1. The zero-order valence-corrected chi connectivity index (χ0v) is 16.9. The maximum atomic E-state index is 11.9. The molecule has 3 N–H and O–H groups in total. The molecule has 0 rings (SSSR count). The number of hydrogen-bond acceptors (Lipinski definition) is 3. The van der Waals surface area contributed by atoms with Crippen molar-refractivity contribution < 1.29 is 14.7 Å². The number of unbranched alkanes of at least 4 members (excludes halogenated alkanes) is 11. The first kappa shape index (κ1) is 24.8. The lowest BCUT2D eigenvalue weighted by Gasteiger charge is -2.09. The van der Waals surface area contributed by atoms with E-state index in [0.29, 0.717) is 6.42 Å². The molecule has 4 nitrogen and oxygen atoms in total. The number of nitrogens with two attached hydrogens (primary N) is 1. The van der Waals surface area contributed by atoms with Gasteiger partial charge in [-0.2, -0.15) is 0 Å². The fourth-order valence-electron chi connectivity index (χ4n) is 3.13. The van der Waals surface area contributed by atoms with Gasteiger partial charge in [0.15, 0.2) is 0 Å². The highest BCUT2D eigenvalue weighted by molar-refractivity contribution is 5.98. The summed E-state index contributed by atoms with van der Waals surface area (Å²) in [7, 11) is 0. The number of hydrogen-bond donors (Lipinski definition) is 2. The van der Waals surface area contributed by atoms with Crippen LogP contribution < -0.4 is 5.73 Å². The van der Waals surface area contributed by atoms with Crippen LogP contribution in [0, 0.1) is 5.92 Å². The van der Waals surface area contributed by atoms with Crippen LogP contribution in [0.2, 0.25) is 0 Å². The van der Waals surface area contributed by atoms with Crippen LogP contribution in [0.1, 0.15) is 103 Å². The third-order valence-electron chi connectivity index (χ3n) is 4.83. The van der Waals surface area contributed by atoms with E-state index in [-0.39, 0.29) is 18.7 Å². The minimum atomic E-state index is -1.03. The molecule has 0 spiro atoms. The van der Waals surface area contributed by atoms with Crippen LogP contribution in [0.5, 0.6) is 0 Å². The van der Waals surface area contributed by atoms with Crippen molar-refractivity contribution >= 4 is 11.8 Å². The van der Waals surface area contributed by atoms with Gasteiger partial charge in [0.05, 0.1) is 0 Å². The lowest BCUT2D eigenvalue weighted by atomic mass is 9.96. The first-order valence-electron chi connectivity index (χ1n) is 10.7. The molecule has 4 heteroatoms. The fraction of sp³-hybridized carbons (Fsp3) is 0.818. The third-order valence-corrected chi connectivity index (χ3v) is 4.83. The Kier molecular flexibility index (Phi) is 17.8. The maximum Gasteiger partial charge on any atom is 0.314 e. The number of carbonyl (C=O) groups excluding carboxylic acids is 1. The van der Waals surface area contributed by atoms with Crippen LogP contribution in [0.3, 0.4) is 0 Å². The van der Waals surface area contributed by atoms with Gasteiger partial charge in [-0.25, -0.2) is 0 Å². The van der Waals surface area contributed by atoms with Gasteiger partial charge in [0.2, 0.25) is 0 Å². The smallest absolute Gasteiger partial charge is 0.314 e. The highest BCUT2D eigenvalue weighted by Gasteiger charge is 2.24. The number of allylic oxidation sites excluding steroid dienone is 2. The van der Waals surface area contributed by atoms with Gasteiger partial charge >= 0.3 is 5.97 Å². The molecule has 0 fully saturated rings. The predicted octanol–water partition coefficient (Wildman–Crippen LogP) is 5.64. The number of carbonyl (C=O) groups is 2. The van der Waals surface area contributed by atoms with E-state index in [2.05, 4.69) is 19.1 Å². The number of Topliss-reactive ketones (excluding diaryl/α,β-unsaturated/α-hetero) is 1. The van der Waals surface area contributed by atoms with E-state index in [0.717, 1.165) is 25.7 Å². The molecule has 0 aromatic rings. The SMILES string of the molecule is CCCCCCCCC=CCCCCCCCC(=O)C(CCN)C(=O)O. The molecule has 0 aromatic carbocycles. The largest absolute Gasteiger partial charge is 0.481 e. The lowest BCUT2D eigenvalue weighted by molar-refractivity contribution is -0.146. The predicted molar refractivity (Wildman–Crippen MR) is 109 cm³/mol. The van der Waals surface area contributed by atoms with Crippen LogP contribution in [-0.4, -0.2) is 23.4 Å². The molecule has 0 bridgehead atoms. The van der Waals surface area contributed by atoms with Crippen molar-refractivity contribution in [3.05, 3.63) is 12.2 Å². The average molecular weight is 368 g/mol. The van der Waals surface area contributed by atoms with E-state index >= 15 is 0 Å². The van der Waals surface area contributed by atoms with E-state index in [9.17, 15) is 9.59 Å². The summed E-state index contributed by atoms with van der Waals surface area (Å²) in [6, 6.07) is 0. The highest BCUT2D eigenvalue weighted by atomic mass is 16.4. The van der Waals surface area contributed by atoms with Crippen molar-refractivity contribution in [1.82, 2.24) is 0 Å². The monoisotopic (exact) mass is 367 g/mol. The molecule has 0 aromatic heterocycles. The fourth-order valence-corrected chi connectivity index (χ4v) is 3.13. The van der Waals surface area contributed by atoms with Gasteiger partial charge in [0.1, 0.15) is 11.7 Å². The summed E-state index contributed by atoms with van der Waals surface area (Å²) in [5, 5.41) is 9.02. The Hall–Kier alpha value is -1.16. The Balaban J connectivity index is 3.44. The summed E-state index contributed by atoms with van der Waals surface area (Å²) in [5.41, 5.74) is 5.37. The molecule has 0 saturated heterocycles. The van der Waals surface area contributed by atoms with Crippen molar-refractivity contribution in [2.75, 3.05) is 6.54 Å². The van der Waals surface area contributed by atoms with E-state index in [1.54, 1.807) is 0 Å². The Morgan fingerprint density at radius 3 is 1.85 bits per heavy atom. The third kappa shape index (κ3) is 15.1. The van der Waals surface area contributed by atoms with Crippen LogP contribution in [-0.2, 0) is 9.59 Å². The molecule has 0 aliphatic carbocycles. The van der Waals surface area contributed by atoms with E-state index in [4.69, 9.17) is 10.8 Å². The molecule has 1 atom stereocenters. The highest BCUT2D eigenvalue weighted by Crippen LogP contribution is 2.13. The van der Waals surface area contributed by atoms with Gasteiger partial charge in [0, 0.05) is 6.42 Å². The first-order valence-corrected chi connectivity index (χ1v) is 10.7. The minimum Gasteiger partial charge on any atom is -0.481 e. The number of carboxylic acids is 1. The second-order valence-corrected chi connectivity index (χ2v) is 7.27. The number of carboxylic acid groups (broad SMARTS) is 1. The summed E-state index contributed by atoms with van der Waals surface area (Å²) in [4.78, 5) is 22.9. The molecule has 0 saturated carbocycles. The topological polar surface area (TPSA) is 80.4 Å². The van der Waals surface area contributed by atoms with Gasteiger partial charge in [-0.05, 0) is 45.1 Å². The average Bonchev–Trinajstić information content (AvgIpc) is 2.62. The Morgan fingerprint density at radius 1 is 0.846 bits per heavy atom. The van der Waals surface area contributed by atoms with Gasteiger partial charge in [-0.1, -0.05) is 70.4 Å². The molecule has 152 valence electrons. The zero-order valence-electron chi connectivity index (χ0n) is 16.9. The lowest BCUT2D eigenvalue weighted by Crippen LogP contribution is -2.26. The van der Waals surface area contributed by atoms with Crippen LogP contribution in [0.25, 0.3) is 0 Å². The van der Waals surface area contributed by atoms with Crippen molar-refractivity contribution in [2.24, 2.45) is 11.7 Å². The summed E-state index contributed by atoms with van der Waals surface area (Å²) < 4.78 is 0. The van der Waals surface area contributed by atoms with Crippen LogP contribution >= 0.6 is 0 Å². The second kappa shape index (κ2) is 18.6. The van der Waals surface area contributed by atoms with Gasteiger partial charge in [-0.15, -0.1) is 0 Å². The van der Waals surface area contributed by atoms with Crippen molar-refractivity contribution in [3.63, 3.8) is 0 Å². The summed E-state index contributed by atoms with van der Waals surface area (Å²) in [5.74, 6) is -2.11. The van der Waals surface area contributed by atoms with Crippen molar-refractivity contribution in [2.45, 2.75) is 103 Å². The Labute approximate surface area is 160 Å². The molecule has 0 radical (unpaired) electrons. The zero-order chi connectivity index (χ0) is 19.5. The summed E-state index contributed by atoms with van der Waals surface area (Å²) in [6.07, 6.45) is 21.0. The summed E-state index contributed by atoms with van der Waals surface area (Å²) >= 11 is 0. The number of ketones is 1. The molecular weight excluding hydrogens is 326 g/mol. The summed E-state index contributed by atoms with van der Waals surface area (Å²) in [6.45, 7) is 2.50. The van der Waals surface area contributed by atoms with Crippen molar-refractivity contribution in [1.29, 1.82) is 0 Å². The standard InChI is InChI=1S/C22H41NO3/c1-2-3-4-5-6-7-8-9-10-11-12-13-14-15-16-17-21(24)20(18-19-23)22(25)26/h9-10,20H,2-8,11-19,23H2,1H3,(H,25,26). The molecular formula is C22H41NO3. The first-order chi connectivity index (χ1) is 12.6. The van der Waals surface area contributed by atoms with Crippen molar-refractivity contribution in [3.8, 4) is 0 Å². The van der Waals surface area contributed by atoms with E-state index in [1.165, 1.54) is 57.8 Å². The van der Waals surface area contributed by atoms with E-state index in [1.807, 2.05) is 0 Å². The van der Waals surface area contributed by atoms with Crippen LogP contribution in [0.15, 0.2) is 12.2 Å². The van der Waals surface area contributed by atoms with Gasteiger partial charge in [-0.3, -0.25) is 9.59 Å². The second-order valence-electron chi connectivity index (χ2n) is 7.27. The van der Waals surface area contributed by atoms with E-state index < -0.39 is 11.9 Å². The molecule has 0 heterocycles. The Bertz CT molecular complexity index is 380. The van der Waals surface area contributed by atoms with Gasteiger partial charge in [0.25, 0.3) is 0 Å². The molecule has 26 heavy (non-hydrogen) atoms. The molecule has 0 aliphatic rings. The number of rotatable bonds is 19. The van der Waals surface area contributed by atoms with Crippen LogP contribution in [0.4, 0.5) is 0 Å². The quantitative estimate of drug-likeness (QED) is 0.176. The Morgan fingerprint density at radius 2 is 1.35 bits per heavy atom. The normalized spacial score (nSPS) is 12.5. The molecule has 0 amide bonds. The molecule has 1 unspecified atom stereocenters. The molecule has 0 aliphatic heterocycles. The maximum absolute atomic E-state index is 11.9. The minimum absolute atomic E-state index is 0.166.